The molecule has 17 heavy (non-hydrogen) atoms. The van der Waals surface area contributed by atoms with Gasteiger partial charge in [-0.3, -0.25) is 0 Å². The van der Waals surface area contributed by atoms with Gasteiger partial charge in [-0.1, -0.05) is 0 Å². The molecule has 0 fully saturated rings. The Hall–Kier alpha value is -0.720. The summed E-state index contributed by atoms with van der Waals surface area (Å²) in [6, 6.07) is 0. The molecule has 0 saturated heterocycles. The molecule has 0 aromatic carbocycles. The van der Waals surface area contributed by atoms with E-state index in [0.29, 0.717) is 0 Å². The van der Waals surface area contributed by atoms with E-state index in [9.17, 15) is 47.9 Å². The second kappa shape index (κ2) is 4.19. The average molecular weight is 300 g/mol. The third kappa shape index (κ3) is 3.90. The molecular weight excluding hydrogens is 299 g/mol. The molecule has 0 radical (unpaired) electrons. The lowest BCUT2D eigenvalue weighted by molar-refractivity contribution is -0.306. The normalized spacial score (nSPS) is 17.0. The molecule has 104 valence electrons. The van der Waals surface area contributed by atoms with E-state index in [4.69, 9.17) is 0 Å². The Morgan fingerprint density at radius 3 is 1.47 bits per heavy atom. The molecule has 3 nitrogen and oxygen atoms in total. The van der Waals surface area contributed by atoms with E-state index >= 15 is 0 Å². The Labute approximate surface area is 87.3 Å². The minimum Gasteiger partial charge on any atom is -0.228 e. The van der Waals surface area contributed by atoms with Crippen LogP contribution in [-0.2, 0) is 14.3 Å². The van der Waals surface area contributed by atoms with Crippen LogP contribution in [0.5, 0.6) is 0 Å². The minimum absolute atomic E-state index is 1.90. The first kappa shape index (κ1) is 16.3. The first-order valence-corrected chi connectivity index (χ1v) is 4.62. The van der Waals surface area contributed by atoms with E-state index in [2.05, 4.69) is 0 Å². The van der Waals surface area contributed by atoms with Gasteiger partial charge in [0.2, 0.25) is 0 Å². The summed E-state index contributed by atoms with van der Waals surface area (Å²) in [6.45, 7) is 0. The molecule has 0 aliphatic carbocycles. The van der Waals surface area contributed by atoms with Crippen molar-refractivity contribution in [2.45, 2.75) is 24.0 Å². The van der Waals surface area contributed by atoms with Gasteiger partial charge in [-0.2, -0.15) is 47.7 Å². The van der Waals surface area contributed by atoms with Crippen LogP contribution in [0.25, 0.3) is 0 Å². The summed E-state index contributed by atoms with van der Waals surface area (Å²) in [4.78, 5) is 0. The standard InChI is InChI=1S/C4HF9O3S/c5-1(2(6,7)8)3(9,10)16-17(14,15)4(11,12)13/h1H. The monoisotopic (exact) mass is 300 g/mol. The van der Waals surface area contributed by atoms with Crippen molar-refractivity contribution in [1.29, 1.82) is 0 Å². The van der Waals surface area contributed by atoms with Crippen LogP contribution in [0, 0.1) is 0 Å². The summed E-state index contributed by atoms with van der Waals surface area (Å²) >= 11 is 0. The molecule has 0 saturated carbocycles. The summed E-state index contributed by atoms with van der Waals surface area (Å²) in [5.74, 6) is 0. The SMILES string of the molecule is O=S(=O)(OC(F)(F)C(F)C(F)(F)F)C(F)(F)F. The van der Waals surface area contributed by atoms with Gasteiger partial charge in [-0.25, -0.2) is 4.39 Å². The van der Waals surface area contributed by atoms with Crippen LogP contribution in [0.3, 0.4) is 0 Å². The molecule has 0 spiro atoms. The second-order valence-electron chi connectivity index (χ2n) is 2.45. The van der Waals surface area contributed by atoms with Crippen molar-refractivity contribution in [2.75, 3.05) is 0 Å². The van der Waals surface area contributed by atoms with Gasteiger partial charge in [0.1, 0.15) is 0 Å². The summed E-state index contributed by atoms with van der Waals surface area (Å²) < 4.78 is 127. The van der Waals surface area contributed by atoms with Crippen LogP contribution in [-0.4, -0.2) is 32.4 Å². The lowest BCUT2D eigenvalue weighted by Gasteiger charge is -2.22. The zero-order chi connectivity index (χ0) is 14.3. The van der Waals surface area contributed by atoms with Crippen LogP contribution >= 0.6 is 0 Å². The lowest BCUT2D eigenvalue weighted by atomic mass is 10.3. The van der Waals surface area contributed by atoms with E-state index in [-0.39, 0.29) is 0 Å². The van der Waals surface area contributed by atoms with Crippen LogP contribution in [0.15, 0.2) is 0 Å². The third-order valence-corrected chi connectivity index (χ3v) is 2.10. The molecular formula is C4HF9O3S. The third-order valence-electron chi connectivity index (χ3n) is 1.09. The first-order valence-electron chi connectivity index (χ1n) is 3.22. The van der Waals surface area contributed by atoms with Crippen molar-refractivity contribution >= 4 is 10.1 Å². The maximum Gasteiger partial charge on any atom is 0.523 e. The molecule has 0 aliphatic rings. The van der Waals surface area contributed by atoms with E-state index in [1.807, 2.05) is 4.18 Å². The van der Waals surface area contributed by atoms with Crippen molar-refractivity contribution < 1.29 is 52.1 Å². The summed E-state index contributed by atoms with van der Waals surface area (Å²) in [7, 11) is -7.05. The lowest BCUT2D eigenvalue weighted by Crippen LogP contribution is -2.46. The quantitative estimate of drug-likeness (QED) is 0.456. The van der Waals surface area contributed by atoms with Crippen molar-refractivity contribution in [3.05, 3.63) is 0 Å². The number of alkyl halides is 9. The summed E-state index contributed by atoms with van der Waals surface area (Å²) in [5, 5.41) is 0. The topological polar surface area (TPSA) is 43.4 Å². The zero-order valence-electron chi connectivity index (χ0n) is 7.11. The fraction of sp³-hybridized carbons (Fsp3) is 1.00. The Morgan fingerprint density at radius 1 is 0.882 bits per heavy atom. The fourth-order valence-corrected chi connectivity index (χ4v) is 0.898. The van der Waals surface area contributed by atoms with Crippen LogP contribution in [0.4, 0.5) is 39.5 Å². The molecule has 1 unspecified atom stereocenters. The number of rotatable bonds is 3. The molecule has 0 aliphatic heterocycles. The van der Waals surface area contributed by atoms with Gasteiger partial charge in [0.05, 0.1) is 0 Å². The highest BCUT2D eigenvalue weighted by atomic mass is 32.2. The van der Waals surface area contributed by atoms with E-state index in [1.54, 1.807) is 0 Å². The summed E-state index contributed by atoms with van der Waals surface area (Å²) in [6.07, 6.45) is -17.7. The van der Waals surface area contributed by atoms with Gasteiger partial charge >= 0.3 is 27.9 Å². The Morgan fingerprint density at radius 2 is 1.24 bits per heavy atom. The van der Waals surface area contributed by atoms with Crippen molar-refractivity contribution in [3.8, 4) is 0 Å². The molecule has 1 atom stereocenters. The van der Waals surface area contributed by atoms with Gasteiger partial charge in [0, 0.05) is 0 Å². The molecule has 0 bridgehead atoms. The molecule has 0 aromatic rings. The highest BCUT2D eigenvalue weighted by Gasteiger charge is 2.63. The Balaban J connectivity index is 5.16. The molecule has 0 rings (SSSR count). The molecule has 0 N–H and O–H groups in total. The van der Waals surface area contributed by atoms with Crippen molar-refractivity contribution in [3.63, 3.8) is 0 Å². The van der Waals surface area contributed by atoms with E-state index in [0.717, 1.165) is 0 Å². The number of hydrogen-bond acceptors (Lipinski definition) is 3. The van der Waals surface area contributed by atoms with Crippen molar-refractivity contribution in [2.24, 2.45) is 0 Å². The first-order chi connectivity index (χ1) is 7.11. The largest absolute Gasteiger partial charge is 0.523 e. The van der Waals surface area contributed by atoms with Crippen LogP contribution in [0.1, 0.15) is 0 Å². The minimum atomic E-state index is -7.05. The maximum absolute atomic E-state index is 12.1. The number of halogens is 9. The van der Waals surface area contributed by atoms with Crippen molar-refractivity contribution in [1.82, 2.24) is 0 Å². The maximum atomic E-state index is 12.1. The predicted molar refractivity (Wildman–Crippen MR) is 32.0 cm³/mol. The molecule has 0 heterocycles. The molecule has 0 amide bonds. The second-order valence-corrected chi connectivity index (χ2v) is 3.99. The van der Waals surface area contributed by atoms with Gasteiger partial charge in [0.25, 0.3) is 6.17 Å². The average Bonchev–Trinajstić information content (AvgIpc) is 1.96. The summed E-state index contributed by atoms with van der Waals surface area (Å²) in [5.41, 5.74) is -6.40. The van der Waals surface area contributed by atoms with Gasteiger partial charge in [0.15, 0.2) is 0 Å². The Kier molecular flexibility index (Phi) is 4.01. The predicted octanol–water partition coefficient (Wildman–Crippen LogP) is 2.35. The molecule has 13 heteroatoms. The fourth-order valence-electron chi connectivity index (χ4n) is 0.426. The highest BCUT2D eigenvalue weighted by Crippen LogP contribution is 2.39. The smallest absolute Gasteiger partial charge is 0.228 e. The van der Waals surface area contributed by atoms with E-state index in [1.165, 1.54) is 0 Å². The molecule has 0 aromatic heterocycles. The van der Waals surface area contributed by atoms with Gasteiger partial charge in [-0.05, 0) is 0 Å². The zero-order valence-corrected chi connectivity index (χ0v) is 7.93. The Bertz CT molecular complexity index is 365. The van der Waals surface area contributed by atoms with Crippen LogP contribution < -0.4 is 0 Å². The van der Waals surface area contributed by atoms with E-state index < -0.39 is 34.1 Å². The van der Waals surface area contributed by atoms with Crippen LogP contribution in [0.2, 0.25) is 0 Å². The highest BCUT2D eigenvalue weighted by molar-refractivity contribution is 7.87. The van der Waals surface area contributed by atoms with Gasteiger partial charge in [-0.15, -0.1) is 0 Å². The van der Waals surface area contributed by atoms with Gasteiger partial charge < -0.3 is 0 Å². The number of hydrogen-bond donors (Lipinski definition) is 0.